The van der Waals surface area contributed by atoms with Gasteiger partial charge < -0.3 is 5.32 Å². The first-order valence-electron chi connectivity index (χ1n) is 8.98. The van der Waals surface area contributed by atoms with Crippen LogP contribution in [-0.2, 0) is 14.8 Å². The first-order valence-corrected chi connectivity index (χ1v) is 11.6. The topological polar surface area (TPSA) is 66.5 Å². The van der Waals surface area contributed by atoms with Gasteiger partial charge in [-0.05, 0) is 55.6 Å². The number of aryl methyl sites for hydroxylation is 1. The summed E-state index contributed by atoms with van der Waals surface area (Å²) >= 11 is 1.57. The predicted octanol–water partition coefficient (Wildman–Crippen LogP) is 4.55. The molecule has 0 aliphatic heterocycles. The van der Waals surface area contributed by atoms with Crippen LogP contribution in [-0.4, -0.2) is 27.1 Å². The molecule has 5 nitrogen and oxygen atoms in total. The fourth-order valence-corrected chi connectivity index (χ4v) is 4.66. The highest BCUT2D eigenvalue weighted by molar-refractivity contribution is 7.98. The van der Waals surface area contributed by atoms with Crippen LogP contribution in [0.3, 0.4) is 0 Å². The predicted molar refractivity (Wildman–Crippen MR) is 119 cm³/mol. The average molecular weight is 427 g/mol. The second-order valence-corrected chi connectivity index (χ2v) is 9.18. The number of thioether (sulfide) groups is 1. The molecule has 0 aliphatic rings. The Morgan fingerprint density at radius 2 is 1.66 bits per heavy atom. The Morgan fingerprint density at radius 1 is 0.966 bits per heavy atom. The highest BCUT2D eigenvalue weighted by Gasteiger charge is 2.27. The van der Waals surface area contributed by atoms with Gasteiger partial charge in [0.25, 0.3) is 10.0 Å². The zero-order chi connectivity index (χ0) is 20.9. The minimum atomic E-state index is -3.90. The number of carbonyl (C=O) groups is 1. The second kappa shape index (κ2) is 9.15. The second-order valence-electron chi connectivity index (χ2n) is 6.44. The van der Waals surface area contributed by atoms with E-state index in [1.165, 1.54) is 0 Å². The molecule has 0 fully saturated rings. The van der Waals surface area contributed by atoms with Crippen molar-refractivity contribution in [1.82, 2.24) is 0 Å². The third kappa shape index (κ3) is 5.19. The molecular weight excluding hydrogens is 404 g/mol. The monoisotopic (exact) mass is 426 g/mol. The molecule has 1 amide bonds. The lowest BCUT2D eigenvalue weighted by Crippen LogP contribution is -2.38. The van der Waals surface area contributed by atoms with E-state index in [2.05, 4.69) is 5.32 Å². The quantitative estimate of drug-likeness (QED) is 0.563. The van der Waals surface area contributed by atoms with Gasteiger partial charge in [-0.3, -0.25) is 9.10 Å². The molecule has 3 aromatic carbocycles. The third-order valence-corrected chi connectivity index (χ3v) is 6.81. The van der Waals surface area contributed by atoms with Crippen LogP contribution in [0, 0.1) is 6.92 Å². The molecular formula is C22H22N2O3S2. The fourth-order valence-electron chi connectivity index (χ4n) is 2.78. The number of hydrogen-bond acceptors (Lipinski definition) is 4. The summed E-state index contributed by atoms with van der Waals surface area (Å²) in [6, 6.07) is 22.6. The van der Waals surface area contributed by atoms with Gasteiger partial charge in [0.05, 0.1) is 10.6 Å². The van der Waals surface area contributed by atoms with Crippen LogP contribution in [0.25, 0.3) is 0 Å². The molecule has 0 saturated carbocycles. The van der Waals surface area contributed by atoms with Gasteiger partial charge in [-0.2, -0.15) is 0 Å². The average Bonchev–Trinajstić information content (AvgIpc) is 2.73. The van der Waals surface area contributed by atoms with Crippen LogP contribution in [0.2, 0.25) is 0 Å². The fraction of sp³-hybridized carbons (Fsp3) is 0.136. The lowest BCUT2D eigenvalue weighted by Gasteiger charge is -2.24. The zero-order valence-electron chi connectivity index (χ0n) is 16.2. The molecule has 0 aromatic heterocycles. The first-order chi connectivity index (χ1) is 13.9. The molecule has 0 atom stereocenters. The van der Waals surface area contributed by atoms with Crippen molar-refractivity contribution in [3.63, 3.8) is 0 Å². The maximum atomic E-state index is 13.3. The number of carbonyl (C=O) groups excluding carboxylic acids is 1. The lowest BCUT2D eigenvalue weighted by atomic mass is 10.2. The molecule has 3 aromatic rings. The van der Waals surface area contributed by atoms with Crippen LogP contribution in [0.5, 0.6) is 0 Å². The smallest absolute Gasteiger partial charge is 0.264 e. The van der Waals surface area contributed by atoms with Gasteiger partial charge >= 0.3 is 0 Å². The van der Waals surface area contributed by atoms with Crippen LogP contribution in [0.1, 0.15) is 5.56 Å². The maximum Gasteiger partial charge on any atom is 0.264 e. The molecule has 0 saturated heterocycles. The van der Waals surface area contributed by atoms with E-state index in [9.17, 15) is 13.2 Å². The molecule has 0 spiro atoms. The highest BCUT2D eigenvalue weighted by atomic mass is 32.2. The van der Waals surface area contributed by atoms with E-state index in [0.29, 0.717) is 11.4 Å². The van der Waals surface area contributed by atoms with E-state index in [4.69, 9.17) is 0 Å². The summed E-state index contributed by atoms with van der Waals surface area (Å²) in [5.74, 6) is -0.414. The number of hydrogen-bond donors (Lipinski definition) is 1. The number of nitrogens with zero attached hydrogens (tertiary/aromatic N) is 1. The summed E-state index contributed by atoms with van der Waals surface area (Å²) < 4.78 is 27.7. The number of para-hydroxylation sites is 1. The Bertz CT molecular complexity index is 1080. The molecule has 1 N–H and O–H groups in total. The molecule has 7 heteroatoms. The summed E-state index contributed by atoms with van der Waals surface area (Å²) in [7, 11) is -3.90. The van der Waals surface area contributed by atoms with Crippen LogP contribution < -0.4 is 9.62 Å². The molecule has 0 radical (unpaired) electrons. The highest BCUT2D eigenvalue weighted by Crippen LogP contribution is 2.24. The summed E-state index contributed by atoms with van der Waals surface area (Å²) in [5, 5.41) is 2.79. The minimum Gasteiger partial charge on any atom is -0.324 e. The van der Waals surface area contributed by atoms with Crippen molar-refractivity contribution in [3.05, 3.63) is 84.4 Å². The lowest BCUT2D eigenvalue weighted by molar-refractivity contribution is -0.114. The van der Waals surface area contributed by atoms with E-state index < -0.39 is 15.9 Å². The molecule has 3 rings (SSSR count). The van der Waals surface area contributed by atoms with Crippen molar-refractivity contribution in [1.29, 1.82) is 0 Å². The van der Waals surface area contributed by atoms with Gasteiger partial charge in [0.15, 0.2) is 0 Å². The minimum absolute atomic E-state index is 0.143. The van der Waals surface area contributed by atoms with E-state index in [1.54, 1.807) is 72.4 Å². The van der Waals surface area contributed by atoms with Crippen molar-refractivity contribution in [2.45, 2.75) is 16.7 Å². The van der Waals surface area contributed by atoms with E-state index in [1.807, 2.05) is 31.4 Å². The molecule has 29 heavy (non-hydrogen) atoms. The number of rotatable bonds is 7. The Kier molecular flexibility index (Phi) is 6.61. The van der Waals surface area contributed by atoms with Gasteiger partial charge in [0.2, 0.25) is 5.91 Å². The van der Waals surface area contributed by atoms with Crippen molar-refractivity contribution < 1.29 is 13.2 Å². The van der Waals surface area contributed by atoms with Crippen LogP contribution in [0.4, 0.5) is 11.4 Å². The van der Waals surface area contributed by atoms with Gasteiger partial charge in [0, 0.05) is 10.6 Å². The molecule has 0 heterocycles. The van der Waals surface area contributed by atoms with Gasteiger partial charge in [-0.15, -0.1) is 11.8 Å². The maximum absolute atomic E-state index is 13.3. The van der Waals surface area contributed by atoms with Gasteiger partial charge in [0.1, 0.15) is 6.54 Å². The Morgan fingerprint density at radius 3 is 2.31 bits per heavy atom. The molecule has 0 bridgehead atoms. The normalized spacial score (nSPS) is 11.1. The Hall–Kier alpha value is -2.77. The van der Waals surface area contributed by atoms with Crippen molar-refractivity contribution in [3.8, 4) is 0 Å². The SMILES string of the molecule is CSc1cccc(NC(=O)CN(c2ccccc2)S(=O)(=O)c2ccc(C)cc2)c1. The van der Waals surface area contributed by atoms with Crippen molar-refractivity contribution in [2.24, 2.45) is 0 Å². The summed E-state index contributed by atoms with van der Waals surface area (Å²) in [6.45, 7) is 1.56. The third-order valence-electron chi connectivity index (χ3n) is 4.29. The summed E-state index contributed by atoms with van der Waals surface area (Å²) in [4.78, 5) is 13.9. The Labute approximate surface area is 175 Å². The summed E-state index contributed by atoms with van der Waals surface area (Å²) in [6.07, 6.45) is 1.95. The van der Waals surface area contributed by atoms with E-state index in [0.717, 1.165) is 14.8 Å². The number of nitrogens with one attached hydrogen (secondary N) is 1. The summed E-state index contributed by atoms with van der Waals surface area (Å²) in [5.41, 5.74) is 2.02. The number of benzene rings is 3. The van der Waals surface area contributed by atoms with Gasteiger partial charge in [-0.1, -0.05) is 42.0 Å². The van der Waals surface area contributed by atoms with E-state index in [-0.39, 0.29) is 11.4 Å². The number of amides is 1. The molecule has 0 aliphatic carbocycles. The first kappa shape index (κ1) is 21.0. The van der Waals surface area contributed by atoms with Gasteiger partial charge in [-0.25, -0.2) is 8.42 Å². The van der Waals surface area contributed by atoms with Crippen molar-refractivity contribution in [2.75, 3.05) is 22.4 Å². The van der Waals surface area contributed by atoms with E-state index >= 15 is 0 Å². The Balaban J connectivity index is 1.90. The molecule has 150 valence electrons. The van der Waals surface area contributed by atoms with Crippen LogP contribution >= 0.6 is 11.8 Å². The number of sulfonamides is 1. The molecule has 0 unspecified atom stereocenters. The standard InChI is InChI=1S/C22H22N2O3S2/c1-17-11-13-21(14-12-17)29(26,27)24(19-8-4-3-5-9-19)16-22(25)23-18-7-6-10-20(15-18)28-2/h3-15H,16H2,1-2H3,(H,23,25). The number of anilines is 2. The van der Waals surface area contributed by atoms with Crippen molar-refractivity contribution >= 4 is 39.1 Å². The van der Waals surface area contributed by atoms with Crippen LogP contribution in [0.15, 0.2) is 88.7 Å². The largest absolute Gasteiger partial charge is 0.324 e. The zero-order valence-corrected chi connectivity index (χ0v) is 17.8.